The number of carbonyl (C=O) groups is 1. The maximum atomic E-state index is 12.6. The lowest BCUT2D eigenvalue weighted by molar-refractivity contribution is -0.137. The number of aryl methyl sites for hydroxylation is 1. The Hall–Kier alpha value is -3.17. The van der Waals surface area contributed by atoms with Gasteiger partial charge >= 0.3 is 18.0 Å². The van der Waals surface area contributed by atoms with Crippen molar-refractivity contribution < 1.29 is 22.5 Å². The van der Waals surface area contributed by atoms with Crippen molar-refractivity contribution in [3.63, 3.8) is 0 Å². The molecule has 0 radical (unpaired) electrons. The Bertz CT molecular complexity index is 947. The fourth-order valence-corrected chi connectivity index (χ4v) is 2.53. The van der Waals surface area contributed by atoms with Crippen LogP contribution in [-0.2, 0) is 12.7 Å². The maximum Gasteiger partial charge on any atom is 0.416 e. The van der Waals surface area contributed by atoms with Gasteiger partial charge in [-0.15, -0.1) is 0 Å². The van der Waals surface area contributed by atoms with Crippen LogP contribution >= 0.6 is 0 Å². The number of carbonyl (C=O) groups excluding carboxylic acids is 1. The Labute approximate surface area is 158 Å². The Morgan fingerprint density at radius 3 is 2.57 bits per heavy atom. The predicted molar refractivity (Wildman–Crippen MR) is 93.2 cm³/mol. The molecule has 0 fully saturated rings. The molecular weight excluding hydrogens is 375 g/mol. The Kier molecular flexibility index (Phi) is 5.48. The molecule has 0 aliphatic carbocycles. The highest BCUT2D eigenvalue weighted by molar-refractivity contribution is 5.89. The molecule has 2 heterocycles. The fraction of sp³-hybridized carbons (Fsp3) is 0.333. The molecule has 3 rings (SSSR count). The molecule has 3 aromatic rings. The van der Waals surface area contributed by atoms with E-state index in [1.165, 1.54) is 12.1 Å². The van der Waals surface area contributed by atoms with Crippen molar-refractivity contribution in [2.24, 2.45) is 5.92 Å². The molecular formula is C18H18F3N5O2. The molecule has 1 aromatic carbocycles. The minimum Gasteiger partial charge on any atom is -0.347 e. The number of halogens is 3. The summed E-state index contributed by atoms with van der Waals surface area (Å²) in [6.07, 6.45) is -2.56. The minimum absolute atomic E-state index is 0.0407. The van der Waals surface area contributed by atoms with Crippen molar-refractivity contribution in [3.05, 3.63) is 53.7 Å². The summed E-state index contributed by atoms with van der Waals surface area (Å²) < 4.78 is 44.6. The number of amides is 1. The van der Waals surface area contributed by atoms with Crippen LogP contribution in [0, 0.1) is 12.8 Å². The number of hydrogen-bond acceptors (Lipinski definition) is 5. The van der Waals surface area contributed by atoms with E-state index in [1.54, 1.807) is 4.68 Å². The van der Waals surface area contributed by atoms with E-state index in [0.29, 0.717) is 18.7 Å². The molecule has 2 aromatic heterocycles. The molecule has 1 amide bonds. The summed E-state index contributed by atoms with van der Waals surface area (Å²) in [5.74, 6) is -0.648. The molecule has 0 saturated carbocycles. The molecule has 0 saturated heterocycles. The van der Waals surface area contributed by atoms with Gasteiger partial charge in [0.1, 0.15) is 0 Å². The van der Waals surface area contributed by atoms with Crippen LogP contribution in [0.15, 0.2) is 41.1 Å². The number of benzene rings is 1. The van der Waals surface area contributed by atoms with Crippen LogP contribution < -0.4 is 5.32 Å². The minimum atomic E-state index is -4.42. The first-order valence-corrected chi connectivity index (χ1v) is 8.52. The number of rotatable bonds is 6. The van der Waals surface area contributed by atoms with Crippen LogP contribution in [0.3, 0.4) is 0 Å². The highest BCUT2D eigenvalue weighted by Crippen LogP contribution is 2.30. The van der Waals surface area contributed by atoms with Gasteiger partial charge in [0.15, 0.2) is 0 Å². The zero-order valence-corrected chi connectivity index (χ0v) is 15.2. The number of hydrogen-bond donors (Lipinski definition) is 1. The number of aromatic nitrogens is 4. The van der Waals surface area contributed by atoms with Crippen LogP contribution in [0.1, 0.15) is 28.9 Å². The highest BCUT2D eigenvalue weighted by atomic mass is 19.4. The topological polar surface area (TPSA) is 85.8 Å². The van der Waals surface area contributed by atoms with Crippen LogP contribution in [0.5, 0.6) is 0 Å². The van der Waals surface area contributed by atoms with E-state index in [1.807, 2.05) is 26.1 Å². The van der Waals surface area contributed by atoms with Crippen LogP contribution in [0.4, 0.5) is 13.2 Å². The Balaban J connectivity index is 1.57. The Morgan fingerprint density at radius 1 is 1.25 bits per heavy atom. The largest absolute Gasteiger partial charge is 0.416 e. The molecule has 0 aliphatic rings. The molecule has 148 valence electrons. The second kappa shape index (κ2) is 7.83. The van der Waals surface area contributed by atoms with Gasteiger partial charge in [-0.3, -0.25) is 9.48 Å². The maximum absolute atomic E-state index is 12.6. The standard InChI is InChI=1S/C18H18F3N5O2/c1-11(10-26-8-7-12(2)24-26)9-22-16(27)17-23-15(25-28-17)13-3-5-14(6-4-13)18(19,20)21/h3-8,11H,9-10H2,1-2H3,(H,22,27)/t11-/m0/s1. The summed E-state index contributed by atoms with van der Waals surface area (Å²) in [7, 11) is 0. The van der Waals surface area contributed by atoms with Gasteiger partial charge in [-0.1, -0.05) is 24.2 Å². The molecule has 10 heteroatoms. The highest BCUT2D eigenvalue weighted by Gasteiger charge is 2.30. The molecule has 1 atom stereocenters. The van der Waals surface area contributed by atoms with Crippen LogP contribution in [0.25, 0.3) is 11.4 Å². The first-order valence-electron chi connectivity index (χ1n) is 8.52. The summed E-state index contributed by atoms with van der Waals surface area (Å²) in [6, 6.07) is 6.19. The lowest BCUT2D eigenvalue weighted by Gasteiger charge is -2.11. The van der Waals surface area contributed by atoms with Crippen LogP contribution in [-0.4, -0.2) is 32.4 Å². The number of nitrogens with one attached hydrogen (secondary N) is 1. The summed E-state index contributed by atoms with van der Waals surface area (Å²) in [4.78, 5) is 16.1. The predicted octanol–water partition coefficient (Wildman–Crippen LogP) is 3.33. The SMILES string of the molecule is Cc1ccn(C[C@@H](C)CNC(=O)c2nc(-c3ccc(C(F)(F)F)cc3)no2)n1. The van der Waals surface area contributed by atoms with E-state index >= 15 is 0 Å². The third-order valence-electron chi connectivity index (χ3n) is 3.97. The molecule has 0 aliphatic heterocycles. The zero-order valence-electron chi connectivity index (χ0n) is 15.2. The fourth-order valence-electron chi connectivity index (χ4n) is 2.53. The van der Waals surface area contributed by atoms with Gasteiger partial charge in [-0.2, -0.15) is 23.3 Å². The summed E-state index contributed by atoms with van der Waals surface area (Å²) >= 11 is 0. The van der Waals surface area contributed by atoms with E-state index in [0.717, 1.165) is 17.8 Å². The van der Waals surface area contributed by atoms with Gasteiger partial charge in [0.2, 0.25) is 5.82 Å². The van der Waals surface area contributed by atoms with Gasteiger partial charge in [-0.25, -0.2) is 0 Å². The van der Waals surface area contributed by atoms with Crippen molar-refractivity contribution >= 4 is 5.91 Å². The summed E-state index contributed by atoms with van der Waals surface area (Å²) in [6.45, 7) is 4.86. The zero-order chi connectivity index (χ0) is 20.3. The average molecular weight is 393 g/mol. The van der Waals surface area contributed by atoms with E-state index in [9.17, 15) is 18.0 Å². The van der Waals surface area contributed by atoms with Gasteiger partial charge < -0.3 is 9.84 Å². The molecule has 7 nitrogen and oxygen atoms in total. The van der Waals surface area contributed by atoms with E-state index in [4.69, 9.17) is 4.52 Å². The van der Waals surface area contributed by atoms with E-state index in [2.05, 4.69) is 20.6 Å². The number of nitrogens with zero attached hydrogens (tertiary/aromatic N) is 4. The van der Waals surface area contributed by atoms with E-state index < -0.39 is 17.6 Å². The first kappa shape index (κ1) is 19.6. The van der Waals surface area contributed by atoms with Gasteiger partial charge in [0, 0.05) is 24.8 Å². The van der Waals surface area contributed by atoms with Crippen molar-refractivity contribution in [3.8, 4) is 11.4 Å². The summed E-state index contributed by atoms with van der Waals surface area (Å²) in [5, 5.41) is 10.6. The van der Waals surface area contributed by atoms with Gasteiger partial charge in [0.05, 0.1) is 11.3 Å². The summed E-state index contributed by atoms with van der Waals surface area (Å²) in [5.41, 5.74) is 0.454. The third-order valence-corrected chi connectivity index (χ3v) is 3.97. The van der Waals surface area contributed by atoms with Crippen molar-refractivity contribution in [1.29, 1.82) is 0 Å². The molecule has 0 unspecified atom stereocenters. The van der Waals surface area contributed by atoms with Gasteiger partial charge in [-0.05, 0) is 31.0 Å². The normalized spacial score (nSPS) is 12.8. The molecule has 1 N–H and O–H groups in total. The second-order valence-corrected chi connectivity index (χ2v) is 6.49. The smallest absolute Gasteiger partial charge is 0.347 e. The Morgan fingerprint density at radius 2 is 1.96 bits per heavy atom. The molecule has 0 bridgehead atoms. The monoisotopic (exact) mass is 393 g/mol. The molecule has 28 heavy (non-hydrogen) atoms. The third kappa shape index (κ3) is 4.76. The lowest BCUT2D eigenvalue weighted by atomic mass is 10.1. The average Bonchev–Trinajstić information content (AvgIpc) is 3.28. The van der Waals surface area contributed by atoms with Crippen molar-refractivity contribution in [2.45, 2.75) is 26.6 Å². The number of alkyl halides is 3. The van der Waals surface area contributed by atoms with Crippen LogP contribution in [0.2, 0.25) is 0 Å². The van der Waals surface area contributed by atoms with Gasteiger partial charge in [0.25, 0.3) is 0 Å². The van der Waals surface area contributed by atoms with E-state index in [-0.39, 0.29) is 17.6 Å². The quantitative estimate of drug-likeness (QED) is 0.694. The molecule has 0 spiro atoms. The first-order chi connectivity index (χ1) is 13.2. The lowest BCUT2D eigenvalue weighted by Crippen LogP contribution is -2.30. The van der Waals surface area contributed by atoms with Crippen molar-refractivity contribution in [2.75, 3.05) is 6.54 Å². The van der Waals surface area contributed by atoms with Crippen molar-refractivity contribution in [1.82, 2.24) is 25.2 Å². The second-order valence-electron chi connectivity index (χ2n) is 6.49.